The van der Waals surface area contributed by atoms with Crippen molar-refractivity contribution in [2.45, 2.75) is 45.2 Å². The van der Waals surface area contributed by atoms with Crippen molar-refractivity contribution >= 4 is 17.7 Å². The zero-order valence-corrected chi connectivity index (χ0v) is 10.3. The molecule has 1 fully saturated rings. The van der Waals surface area contributed by atoms with Gasteiger partial charge in [-0.15, -0.1) is 0 Å². The highest BCUT2D eigenvalue weighted by Crippen LogP contribution is 2.24. The van der Waals surface area contributed by atoms with Gasteiger partial charge in [0.05, 0.1) is 0 Å². The predicted octanol–water partition coefficient (Wildman–Crippen LogP) is 1.97. The quantitative estimate of drug-likeness (QED) is 0.734. The van der Waals surface area contributed by atoms with Gasteiger partial charge in [-0.25, -0.2) is 0 Å². The Morgan fingerprint density at radius 2 is 2.33 bits per heavy atom. The number of unbranched alkanes of at least 4 members (excludes halogenated alkanes) is 1. The molecule has 0 radical (unpaired) electrons. The number of carboxylic acid groups (broad SMARTS) is 1. The molecule has 0 amide bonds. The van der Waals surface area contributed by atoms with Crippen LogP contribution in [-0.2, 0) is 4.79 Å². The number of carbonyl (C=O) groups is 1. The standard InChI is InChI=1S/C11H21NO2S/c1-3-4-5-9(11(13)14)12-10-7-15-6-8(10)2/h8-10,12H,3-7H2,1-2H3,(H,13,14). The maximum atomic E-state index is 11.0. The zero-order valence-electron chi connectivity index (χ0n) is 9.53. The second-order valence-electron chi connectivity index (χ2n) is 4.32. The van der Waals surface area contributed by atoms with Crippen LogP contribution < -0.4 is 5.32 Å². The fourth-order valence-electron chi connectivity index (χ4n) is 1.82. The van der Waals surface area contributed by atoms with Crippen molar-refractivity contribution in [1.82, 2.24) is 5.32 Å². The Labute approximate surface area is 96.0 Å². The molecule has 0 bridgehead atoms. The first-order chi connectivity index (χ1) is 7.15. The normalized spacial score (nSPS) is 27.9. The maximum Gasteiger partial charge on any atom is 0.320 e. The molecule has 0 saturated carbocycles. The molecule has 0 aliphatic carbocycles. The summed E-state index contributed by atoms with van der Waals surface area (Å²) >= 11 is 1.91. The Balaban J connectivity index is 2.39. The van der Waals surface area contributed by atoms with Crippen molar-refractivity contribution in [3.63, 3.8) is 0 Å². The number of hydrogen-bond acceptors (Lipinski definition) is 3. The highest BCUT2D eigenvalue weighted by molar-refractivity contribution is 7.99. The van der Waals surface area contributed by atoms with E-state index in [0.29, 0.717) is 12.0 Å². The first kappa shape index (κ1) is 12.8. The van der Waals surface area contributed by atoms with Crippen molar-refractivity contribution in [3.8, 4) is 0 Å². The number of carboxylic acids is 1. The van der Waals surface area contributed by atoms with Crippen molar-refractivity contribution in [1.29, 1.82) is 0 Å². The SMILES string of the molecule is CCCCC(NC1CSCC1C)C(=O)O. The van der Waals surface area contributed by atoms with Crippen LogP contribution in [0.1, 0.15) is 33.1 Å². The van der Waals surface area contributed by atoms with Gasteiger partial charge in [0, 0.05) is 11.8 Å². The smallest absolute Gasteiger partial charge is 0.320 e. The molecule has 1 rings (SSSR count). The molecule has 1 aliphatic rings. The summed E-state index contributed by atoms with van der Waals surface area (Å²) < 4.78 is 0. The second kappa shape index (κ2) is 6.38. The third-order valence-corrected chi connectivity index (χ3v) is 4.28. The average molecular weight is 231 g/mol. The first-order valence-electron chi connectivity index (χ1n) is 5.71. The fraction of sp³-hybridized carbons (Fsp3) is 0.909. The Bertz CT molecular complexity index is 211. The van der Waals surface area contributed by atoms with Crippen LogP contribution in [0.25, 0.3) is 0 Å². The van der Waals surface area contributed by atoms with Crippen molar-refractivity contribution in [2.75, 3.05) is 11.5 Å². The maximum absolute atomic E-state index is 11.0. The monoisotopic (exact) mass is 231 g/mol. The minimum Gasteiger partial charge on any atom is -0.480 e. The van der Waals surface area contributed by atoms with Gasteiger partial charge in [0.1, 0.15) is 6.04 Å². The lowest BCUT2D eigenvalue weighted by atomic mass is 10.0. The summed E-state index contributed by atoms with van der Waals surface area (Å²) in [6, 6.07) is 0.0315. The van der Waals surface area contributed by atoms with E-state index in [0.717, 1.165) is 30.8 Å². The molecule has 1 heterocycles. The first-order valence-corrected chi connectivity index (χ1v) is 6.87. The van der Waals surface area contributed by atoms with Gasteiger partial charge in [0.25, 0.3) is 0 Å². The number of nitrogens with one attached hydrogen (secondary N) is 1. The number of hydrogen-bond donors (Lipinski definition) is 2. The Hall–Kier alpha value is -0.220. The molecule has 1 aliphatic heterocycles. The molecule has 3 atom stereocenters. The van der Waals surface area contributed by atoms with E-state index in [4.69, 9.17) is 5.11 Å². The van der Waals surface area contributed by atoms with Crippen LogP contribution in [0.5, 0.6) is 0 Å². The molecule has 0 aromatic rings. The molecule has 15 heavy (non-hydrogen) atoms. The van der Waals surface area contributed by atoms with Gasteiger partial charge >= 0.3 is 5.97 Å². The van der Waals surface area contributed by atoms with E-state index in [1.165, 1.54) is 0 Å². The van der Waals surface area contributed by atoms with Crippen molar-refractivity contribution in [3.05, 3.63) is 0 Å². The van der Waals surface area contributed by atoms with Gasteiger partial charge in [-0.2, -0.15) is 11.8 Å². The van der Waals surface area contributed by atoms with E-state index >= 15 is 0 Å². The lowest BCUT2D eigenvalue weighted by molar-refractivity contribution is -0.140. The summed E-state index contributed by atoms with van der Waals surface area (Å²) in [5, 5.41) is 12.4. The minimum absolute atomic E-state index is 0.351. The minimum atomic E-state index is -0.701. The van der Waals surface area contributed by atoms with Gasteiger partial charge in [0.15, 0.2) is 0 Å². The molecule has 0 aromatic heterocycles. The van der Waals surface area contributed by atoms with Crippen LogP contribution in [0, 0.1) is 5.92 Å². The van der Waals surface area contributed by atoms with E-state index in [-0.39, 0.29) is 6.04 Å². The van der Waals surface area contributed by atoms with Crippen LogP contribution in [0.3, 0.4) is 0 Å². The molecule has 3 nitrogen and oxygen atoms in total. The van der Waals surface area contributed by atoms with Crippen LogP contribution >= 0.6 is 11.8 Å². The van der Waals surface area contributed by atoms with Crippen LogP contribution in [0.4, 0.5) is 0 Å². The molecule has 1 saturated heterocycles. The predicted molar refractivity (Wildman–Crippen MR) is 64.4 cm³/mol. The molecule has 0 aromatic carbocycles. The highest BCUT2D eigenvalue weighted by atomic mass is 32.2. The van der Waals surface area contributed by atoms with E-state index < -0.39 is 5.97 Å². The molecular weight excluding hydrogens is 210 g/mol. The van der Waals surface area contributed by atoms with Crippen LogP contribution in [0.2, 0.25) is 0 Å². The Morgan fingerprint density at radius 3 is 2.80 bits per heavy atom. The summed E-state index contributed by atoms with van der Waals surface area (Å²) in [4.78, 5) is 11.0. The van der Waals surface area contributed by atoms with Crippen LogP contribution in [0.15, 0.2) is 0 Å². The molecule has 3 unspecified atom stereocenters. The molecule has 4 heteroatoms. The van der Waals surface area contributed by atoms with Gasteiger partial charge in [-0.3, -0.25) is 4.79 Å². The summed E-state index contributed by atoms with van der Waals surface area (Å²) in [5.41, 5.74) is 0. The lowest BCUT2D eigenvalue weighted by Crippen LogP contribution is -2.45. The largest absolute Gasteiger partial charge is 0.480 e. The fourth-order valence-corrected chi connectivity index (χ4v) is 3.24. The molecule has 2 N–H and O–H groups in total. The average Bonchev–Trinajstić information content (AvgIpc) is 2.58. The van der Waals surface area contributed by atoms with Crippen molar-refractivity contribution < 1.29 is 9.90 Å². The molecule has 0 spiro atoms. The Kier molecular flexibility index (Phi) is 5.47. The number of thioether (sulfide) groups is 1. The topological polar surface area (TPSA) is 49.3 Å². The number of aliphatic carboxylic acids is 1. The molecule has 88 valence electrons. The summed E-state index contributed by atoms with van der Waals surface area (Å²) in [5.74, 6) is 2.10. The van der Waals surface area contributed by atoms with Gasteiger partial charge in [-0.05, 0) is 18.1 Å². The van der Waals surface area contributed by atoms with Gasteiger partial charge in [-0.1, -0.05) is 26.7 Å². The summed E-state index contributed by atoms with van der Waals surface area (Å²) in [7, 11) is 0. The van der Waals surface area contributed by atoms with Gasteiger partial charge in [0.2, 0.25) is 0 Å². The van der Waals surface area contributed by atoms with Gasteiger partial charge < -0.3 is 10.4 Å². The van der Waals surface area contributed by atoms with Crippen LogP contribution in [-0.4, -0.2) is 34.7 Å². The molecular formula is C11H21NO2S. The lowest BCUT2D eigenvalue weighted by Gasteiger charge is -2.22. The van der Waals surface area contributed by atoms with E-state index in [9.17, 15) is 4.79 Å². The van der Waals surface area contributed by atoms with Crippen molar-refractivity contribution in [2.24, 2.45) is 5.92 Å². The highest BCUT2D eigenvalue weighted by Gasteiger charge is 2.28. The summed E-state index contributed by atoms with van der Waals surface area (Å²) in [6.07, 6.45) is 2.79. The Morgan fingerprint density at radius 1 is 1.60 bits per heavy atom. The number of rotatable bonds is 6. The third-order valence-electron chi connectivity index (χ3n) is 2.92. The van der Waals surface area contributed by atoms with E-state index in [1.54, 1.807) is 0 Å². The van der Waals surface area contributed by atoms with E-state index in [2.05, 4.69) is 19.2 Å². The van der Waals surface area contributed by atoms with E-state index in [1.807, 2.05) is 11.8 Å². The third kappa shape index (κ3) is 4.03. The second-order valence-corrected chi connectivity index (χ2v) is 5.40. The summed E-state index contributed by atoms with van der Waals surface area (Å²) in [6.45, 7) is 4.28. The zero-order chi connectivity index (χ0) is 11.3.